The third-order valence-electron chi connectivity index (χ3n) is 3.71. The molecule has 0 bridgehead atoms. The van der Waals surface area contributed by atoms with E-state index < -0.39 is 5.91 Å². The number of nitrogens with one attached hydrogen (secondary N) is 2. The van der Waals surface area contributed by atoms with Gasteiger partial charge in [0.05, 0.1) is 11.1 Å². The van der Waals surface area contributed by atoms with Gasteiger partial charge < -0.3 is 15.2 Å². The first-order valence-corrected chi connectivity index (χ1v) is 8.05. The van der Waals surface area contributed by atoms with Crippen LogP contribution in [0.15, 0.2) is 53.3 Å². The number of carbonyl (C=O) groups is 2. The van der Waals surface area contributed by atoms with E-state index in [1.54, 1.807) is 13.0 Å². The molecule has 1 aromatic carbocycles. The van der Waals surface area contributed by atoms with Crippen LogP contribution in [0, 0.1) is 13.8 Å². The first kappa shape index (κ1) is 17.3. The molecule has 0 aliphatic rings. The molecule has 0 aliphatic carbocycles. The fraction of sp³-hybridized carbons (Fsp3) is 0.158. The number of hydrogen-bond acceptors (Lipinski definition) is 5. The van der Waals surface area contributed by atoms with E-state index >= 15 is 0 Å². The van der Waals surface area contributed by atoms with Gasteiger partial charge in [0.25, 0.3) is 11.8 Å². The molecule has 26 heavy (non-hydrogen) atoms. The van der Waals surface area contributed by atoms with Gasteiger partial charge in [0.2, 0.25) is 0 Å². The predicted molar refractivity (Wildman–Crippen MR) is 95.8 cm³/mol. The average Bonchev–Trinajstić information content (AvgIpc) is 3.05. The van der Waals surface area contributed by atoms with Crippen LogP contribution in [0.25, 0.3) is 0 Å². The van der Waals surface area contributed by atoms with Crippen LogP contribution < -0.4 is 10.6 Å². The molecule has 3 aromatic rings. The van der Waals surface area contributed by atoms with Gasteiger partial charge in [-0.25, -0.2) is 0 Å². The molecule has 2 amide bonds. The number of rotatable bonds is 5. The summed E-state index contributed by atoms with van der Waals surface area (Å²) in [5.41, 5.74) is 2.72. The molecule has 2 N–H and O–H groups in total. The number of hydrogen-bond donors (Lipinski definition) is 2. The van der Waals surface area contributed by atoms with Crippen LogP contribution in [0.2, 0.25) is 0 Å². The zero-order valence-electron chi connectivity index (χ0n) is 14.4. The lowest BCUT2D eigenvalue weighted by Crippen LogP contribution is -2.23. The molecular formula is C19H18N4O3. The lowest BCUT2D eigenvalue weighted by atomic mass is 10.1. The third-order valence-corrected chi connectivity index (χ3v) is 3.71. The summed E-state index contributed by atoms with van der Waals surface area (Å²) in [4.78, 5) is 28.5. The third kappa shape index (κ3) is 4.32. The van der Waals surface area contributed by atoms with Crippen molar-refractivity contribution in [3.8, 4) is 0 Å². The zero-order valence-corrected chi connectivity index (χ0v) is 14.4. The summed E-state index contributed by atoms with van der Waals surface area (Å²) in [5, 5.41) is 9.11. The topological polar surface area (TPSA) is 97.1 Å². The van der Waals surface area contributed by atoms with E-state index in [9.17, 15) is 9.59 Å². The van der Waals surface area contributed by atoms with Crippen LogP contribution >= 0.6 is 0 Å². The Morgan fingerprint density at radius 3 is 2.35 bits per heavy atom. The number of pyridine rings is 1. The minimum Gasteiger partial charge on any atom is -0.360 e. The molecule has 0 unspecified atom stereocenters. The van der Waals surface area contributed by atoms with Gasteiger partial charge in [-0.1, -0.05) is 35.0 Å². The van der Waals surface area contributed by atoms with Crippen LogP contribution in [0.1, 0.15) is 37.6 Å². The van der Waals surface area contributed by atoms with Crippen LogP contribution in [-0.4, -0.2) is 22.0 Å². The minimum atomic E-state index is -0.418. The second-order valence-corrected chi connectivity index (χ2v) is 5.91. The van der Waals surface area contributed by atoms with Crippen molar-refractivity contribution in [1.29, 1.82) is 0 Å². The van der Waals surface area contributed by atoms with E-state index in [0.29, 0.717) is 23.7 Å². The highest BCUT2D eigenvalue weighted by Crippen LogP contribution is 2.10. The monoisotopic (exact) mass is 350 g/mol. The van der Waals surface area contributed by atoms with Crippen molar-refractivity contribution in [2.45, 2.75) is 20.4 Å². The molecule has 0 fully saturated rings. The van der Waals surface area contributed by atoms with Crippen molar-refractivity contribution in [3.63, 3.8) is 0 Å². The Labute approximate surface area is 150 Å². The molecule has 3 rings (SSSR count). The van der Waals surface area contributed by atoms with Crippen molar-refractivity contribution in [2.24, 2.45) is 0 Å². The fourth-order valence-corrected chi connectivity index (χ4v) is 2.29. The van der Waals surface area contributed by atoms with E-state index in [2.05, 4.69) is 20.8 Å². The number of benzene rings is 1. The SMILES string of the molecule is Cc1ccc(CNC(=O)c2cncc(C(=O)Nc3cc(C)on3)c2)cc1. The maximum Gasteiger partial charge on any atom is 0.258 e. The Balaban J connectivity index is 1.64. The Kier molecular flexibility index (Phi) is 5.07. The van der Waals surface area contributed by atoms with Gasteiger partial charge in [-0.3, -0.25) is 14.6 Å². The summed E-state index contributed by atoms with van der Waals surface area (Å²) in [7, 11) is 0. The molecule has 7 heteroatoms. The van der Waals surface area contributed by atoms with Crippen LogP contribution in [0.3, 0.4) is 0 Å². The predicted octanol–water partition coefficient (Wildman–Crippen LogP) is 2.87. The normalized spacial score (nSPS) is 10.4. The van der Waals surface area contributed by atoms with Gasteiger partial charge in [-0.2, -0.15) is 0 Å². The van der Waals surface area contributed by atoms with Gasteiger partial charge in [-0.15, -0.1) is 0 Å². The van der Waals surface area contributed by atoms with E-state index in [1.165, 1.54) is 18.5 Å². The number of amides is 2. The lowest BCUT2D eigenvalue weighted by Gasteiger charge is -2.07. The van der Waals surface area contributed by atoms with Crippen molar-refractivity contribution >= 4 is 17.6 Å². The van der Waals surface area contributed by atoms with Crippen LogP contribution in [0.4, 0.5) is 5.82 Å². The molecule has 132 valence electrons. The van der Waals surface area contributed by atoms with Crippen LogP contribution in [0.5, 0.6) is 0 Å². The molecule has 0 saturated carbocycles. The second kappa shape index (κ2) is 7.60. The number of aryl methyl sites for hydroxylation is 2. The van der Waals surface area contributed by atoms with Crippen molar-refractivity contribution in [2.75, 3.05) is 5.32 Å². The first-order chi connectivity index (χ1) is 12.5. The highest BCUT2D eigenvalue weighted by Gasteiger charge is 2.13. The average molecular weight is 350 g/mol. The number of carbonyl (C=O) groups excluding carboxylic acids is 2. The second-order valence-electron chi connectivity index (χ2n) is 5.91. The van der Waals surface area contributed by atoms with E-state index in [4.69, 9.17) is 4.52 Å². The number of aromatic nitrogens is 2. The summed E-state index contributed by atoms with van der Waals surface area (Å²) in [6, 6.07) is 11.0. The van der Waals surface area contributed by atoms with E-state index in [1.807, 2.05) is 31.2 Å². The Bertz CT molecular complexity index is 932. The summed E-state index contributed by atoms with van der Waals surface area (Å²) >= 11 is 0. The molecule has 0 radical (unpaired) electrons. The summed E-state index contributed by atoms with van der Waals surface area (Å²) < 4.78 is 4.90. The van der Waals surface area contributed by atoms with Crippen molar-refractivity contribution < 1.29 is 14.1 Å². The van der Waals surface area contributed by atoms with Crippen molar-refractivity contribution in [1.82, 2.24) is 15.5 Å². The Hall–Kier alpha value is -3.48. The zero-order chi connectivity index (χ0) is 18.5. The first-order valence-electron chi connectivity index (χ1n) is 8.05. The van der Waals surface area contributed by atoms with Gasteiger partial charge in [0.1, 0.15) is 5.76 Å². The lowest BCUT2D eigenvalue weighted by molar-refractivity contribution is 0.0950. The smallest absolute Gasteiger partial charge is 0.258 e. The molecule has 2 aromatic heterocycles. The van der Waals surface area contributed by atoms with E-state index in [0.717, 1.165) is 11.1 Å². The van der Waals surface area contributed by atoms with Gasteiger partial charge in [-0.05, 0) is 25.5 Å². The molecular weight excluding hydrogens is 332 g/mol. The number of anilines is 1. The molecule has 0 saturated heterocycles. The maximum absolute atomic E-state index is 12.3. The standard InChI is InChI=1S/C19H18N4O3/c1-12-3-5-14(6-4-12)9-21-18(24)15-8-16(11-20-10-15)19(25)22-17-7-13(2)26-23-17/h3-8,10-11H,9H2,1-2H3,(H,21,24)(H,22,23,25). The van der Waals surface area contributed by atoms with Crippen molar-refractivity contribution in [3.05, 3.63) is 76.8 Å². The fourth-order valence-electron chi connectivity index (χ4n) is 2.29. The quantitative estimate of drug-likeness (QED) is 0.737. The highest BCUT2D eigenvalue weighted by atomic mass is 16.5. The minimum absolute atomic E-state index is 0.258. The number of nitrogens with zero attached hydrogens (tertiary/aromatic N) is 2. The molecule has 0 atom stereocenters. The molecule has 7 nitrogen and oxygen atoms in total. The highest BCUT2D eigenvalue weighted by molar-refractivity contribution is 6.05. The molecule has 2 heterocycles. The summed E-state index contributed by atoms with van der Waals surface area (Å²) in [6.45, 7) is 4.13. The van der Waals surface area contributed by atoms with Gasteiger partial charge >= 0.3 is 0 Å². The van der Waals surface area contributed by atoms with Crippen LogP contribution in [-0.2, 0) is 6.54 Å². The van der Waals surface area contributed by atoms with Gasteiger partial charge in [0, 0.05) is 25.0 Å². The molecule has 0 spiro atoms. The van der Waals surface area contributed by atoms with E-state index in [-0.39, 0.29) is 11.5 Å². The Morgan fingerprint density at radius 2 is 1.69 bits per heavy atom. The van der Waals surface area contributed by atoms with Gasteiger partial charge in [0.15, 0.2) is 5.82 Å². The largest absolute Gasteiger partial charge is 0.360 e. The summed E-state index contributed by atoms with van der Waals surface area (Å²) in [5.74, 6) is 0.174. The molecule has 0 aliphatic heterocycles. The maximum atomic E-state index is 12.3. The Morgan fingerprint density at radius 1 is 1.00 bits per heavy atom. The summed E-state index contributed by atoms with van der Waals surface area (Å²) in [6.07, 6.45) is 2.81.